The Labute approximate surface area is 87.7 Å². The molecule has 0 N–H and O–H groups in total. The SMILES string of the molecule is CSC(C)c1cc([N+](=O)[O-])ccc1C. The third-order valence-electron chi connectivity index (χ3n) is 2.27. The minimum absolute atomic E-state index is 0.173. The van der Waals surface area contributed by atoms with Crippen molar-refractivity contribution in [2.75, 3.05) is 6.26 Å². The highest BCUT2D eigenvalue weighted by Crippen LogP contribution is 2.30. The van der Waals surface area contributed by atoms with E-state index >= 15 is 0 Å². The van der Waals surface area contributed by atoms with Crippen LogP contribution in [0.15, 0.2) is 18.2 Å². The Morgan fingerprint density at radius 2 is 2.14 bits per heavy atom. The van der Waals surface area contributed by atoms with Crippen molar-refractivity contribution in [1.82, 2.24) is 0 Å². The maximum Gasteiger partial charge on any atom is 0.269 e. The van der Waals surface area contributed by atoms with E-state index < -0.39 is 0 Å². The van der Waals surface area contributed by atoms with Gasteiger partial charge >= 0.3 is 0 Å². The van der Waals surface area contributed by atoms with Crippen LogP contribution in [-0.2, 0) is 0 Å². The first-order valence-corrected chi connectivity index (χ1v) is 5.62. The van der Waals surface area contributed by atoms with E-state index in [0.29, 0.717) is 5.25 Å². The highest BCUT2D eigenvalue weighted by Gasteiger charge is 2.12. The number of aryl methyl sites for hydroxylation is 1. The summed E-state index contributed by atoms with van der Waals surface area (Å²) >= 11 is 1.69. The van der Waals surface area contributed by atoms with Crippen molar-refractivity contribution in [1.29, 1.82) is 0 Å². The number of hydrogen-bond donors (Lipinski definition) is 0. The van der Waals surface area contributed by atoms with Gasteiger partial charge in [-0.2, -0.15) is 11.8 Å². The van der Waals surface area contributed by atoms with E-state index in [9.17, 15) is 10.1 Å². The minimum Gasteiger partial charge on any atom is -0.258 e. The van der Waals surface area contributed by atoms with Gasteiger partial charge in [0, 0.05) is 17.4 Å². The van der Waals surface area contributed by atoms with E-state index in [1.165, 1.54) is 0 Å². The van der Waals surface area contributed by atoms with Gasteiger partial charge in [0.25, 0.3) is 5.69 Å². The topological polar surface area (TPSA) is 43.1 Å². The van der Waals surface area contributed by atoms with Gasteiger partial charge in [0.15, 0.2) is 0 Å². The molecule has 0 heterocycles. The number of rotatable bonds is 3. The fraction of sp³-hybridized carbons (Fsp3) is 0.400. The zero-order valence-electron chi connectivity index (χ0n) is 8.48. The average molecular weight is 211 g/mol. The van der Waals surface area contributed by atoms with Crippen molar-refractivity contribution in [2.45, 2.75) is 19.1 Å². The van der Waals surface area contributed by atoms with E-state index in [-0.39, 0.29) is 10.6 Å². The summed E-state index contributed by atoms with van der Waals surface area (Å²) in [6.45, 7) is 4.03. The molecule has 1 unspecified atom stereocenters. The smallest absolute Gasteiger partial charge is 0.258 e. The van der Waals surface area contributed by atoms with Crippen LogP contribution in [0.3, 0.4) is 0 Å². The van der Waals surface area contributed by atoms with E-state index in [4.69, 9.17) is 0 Å². The maximum absolute atomic E-state index is 10.6. The molecule has 1 aromatic carbocycles. The van der Waals surface area contributed by atoms with Crippen LogP contribution >= 0.6 is 11.8 Å². The summed E-state index contributed by atoms with van der Waals surface area (Å²) < 4.78 is 0. The van der Waals surface area contributed by atoms with Crippen molar-refractivity contribution in [2.24, 2.45) is 0 Å². The Kier molecular flexibility index (Phi) is 3.52. The molecule has 1 aromatic rings. The van der Waals surface area contributed by atoms with Crippen LogP contribution in [0.1, 0.15) is 23.3 Å². The van der Waals surface area contributed by atoms with Crippen LogP contribution in [0, 0.1) is 17.0 Å². The summed E-state index contributed by atoms with van der Waals surface area (Å²) in [6, 6.07) is 5.02. The zero-order chi connectivity index (χ0) is 10.7. The zero-order valence-corrected chi connectivity index (χ0v) is 9.30. The van der Waals surface area contributed by atoms with Gasteiger partial charge in [-0.3, -0.25) is 10.1 Å². The fourth-order valence-corrected chi connectivity index (χ4v) is 1.81. The fourth-order valence-electron chi connectivity index (χ4n) is 1.31. The summed E-state index contributed by atoms with van der Waals surface area (Å²) in [5, 5.41) is 10.9. The molecule has 0 bridgehead atoms. The molecule has 3 nitrogen and oxygen atoms in total. The lowest BCUT2D eigenvalue weighted by Gasteiger charge is -2.11. The number of non-ortho nitro benzene ring substituents is 1. The molecular formula is C10H13NO2S. The Morgan fingerprint density at radius 3 is 2.64 bits per heavy atom. The number of nitro benzene ring substituents is 1. The molecular weight excluding hydrogens is 198 g/mol. The average Bonchev–Trinajstić information content (AvgIpc) is 2.17. The first kappa shape index (κ1) is 11.0. The summed E-state index contributed by atoms with van der Waals surface area (Å²) in [7, 11) is 0. The Balaban J connectivity index is 3.14. The molecule has 0 radical (unpaired) electrons. The van der Waals surface area contributed by atoms with Gasteiger partial charge in [0.05, 0.1) is 4.92 Å². The first-order chi connectivity index (χ1) is 6.56. The lowest BCUT2D eigenvalue weighted by molar-refractivity contribution is -0.384. The highest BCUT2D eigenvalue weighted by atomic mass is 32.2. The van der Waals surface area contributed by atoms with Crippen LogP contribution in [0.5, 0.6) is 0 Å². The van der Waals surface area contributed by atoms with Gasteiger partial charge in [0.1, 0.15) is 0 Å². The quantitative estimate of drug-likeness (QED) is 0.569. The summed E-state index contributed by atoms with van der Waals surface area (Å²) in [5.41, 5.74) is 2.33. The van der Waals surface area contributed by atoms with E-state index in [1.807, 2.05) is 13.2 Å². The number of hydrogen-bond acceptors (Lipinski definition) is 3. The molecule has 0 aliphatic heterocycles. The minimum atomic E-state index is -0.351. The number of nitro groups is 1. The van der Waals surface area contributed by atoms with Gasteiger partial charge in [-0.1, -0.05) is 6.07 Å². The molecule has 0 aliphatic rings. The molecule has 0 saturated carbocycles. The molecule has 0 aromatic heterocycles. The van der Waals surface area contributed by atoms with Gasteiger partial charge in [-0.15, -0.1) is 0 Å². The predicted molar refractivity (Wildman–Crippen MR) is 59.8 cm³/mol. The van der Waals surface area contributed by atoms with Gasteiger partial charge in [-0.25, -0.2) is 0 Å². The Hall–Kier alpha value is -1.03. The second kappa shape index (κ2) is 4.46. The molecule has 4 heteroatoms. The van der Waals surface area contributed by atoms with Crippen molar-refractivity contribution in [3.05, 3.63) is 39.4 Å². The molecule has 0 saturated heterocycles. The van der Waals surface area contributed by atoms with Crippen LogP contribution < -0.4 is 0 Å². The molecule has 1 atom stereocenters. The molecule has 0 aliphatic carbocycles. The van der Waals surface area contributed by atoms with Crippen molar-refractivity contribution < 1.29 is 4.92 Å². The number of thioether (sulfide) groups is 1. The molecule has 0 fully saturated rings. The van der Waals surface area contributed by atoms with E-state index in [0.717, 1.165) is 11.1 Å². The second-order valence-electron chi connectivity index (χ2n) is 3.18. The summed E-state index contributed by atoms with van der Waals surface area (Å²) in [4.78, 5) is 10.2. The monoisotopic (exact) mass is 211 g/mol. The third-order valence-corrected chi connectivity index (χ3v) is 3.23. The van der Waals surface area contributed by atoms with Gasteiger partial charge < -0.3 is 0 Å². The van der Waals surface area contributed by atoms with E-state index in [1.54, 1.807) is 30.0 Å². The number of benzene rings is 1. The lowest BCUT2D eigenvalue weighted by atomic mass is 10.1. The molecule has 0 amide bonds. The van der Waals surface area contributed by atoms with E-state index in [2.05, 4.69) is 6.92 Å². The van der Waals surface area contributed by atoms with Crippen molar-refractivity contribution in [3.8, 4) is 0 Å². The maximum atomic E-state index is 10.6. The van der Waals surface area contributed by atoms with Gasteiger partial charge in [0.2, 0.25) is 0 Å². The van der Waals surface area contributed by atoms with Crippen molar-refractivity contribution in [3.63, 3.8) is 0 Å². The normalized spacial score (nSPS) is 12.5. The number of nitrogens with zero attached hydrogens (tertiary/aromatic N) is 1. The molecule has 14 heavy (non-hydrogen) atoms. The second-order valence-corrected chi connectivity index (χ2v) is 4.35. The van der Waals surface area contributed by atoms with Crippen LogP contribution in [0.2, 0.25) is 0 Å². The lowest BCUT2D eigenvalue weighted by Crippen LogP contribution is -1.95. The predicted octanol–water partition coefficient (Wildman–Crippen LogP) is 3.33. The largest absolute Gasteiger partial charge is 0.269 e. The Bertz CT molecular complexity index is 352. The first-order valence-electron chi connectivity index (χ1n) is 4.34. The highest BCUT2D eigenvalue weighted by molar-refractivity contribution is 7.98. The van der Waals surface area contributed by atoms with Crippen LogP contribution in [0.25, 0.3) is 0 Å². The van der Waals surface area contributed by atoms with Crippen LogP contribution in [0.4, 0.5) is 5.69 Å². The third kappa shape index (κ3) is 2.26. The van der Waals surface area contributed by atoms with Crippen molar-refractivity contribution >= 4 is 17.4 Å². The standard InChI is InChI=1S/C10H13NO2S/c1-7-4-5-9(11(12)13)6-10(7)8(2)14-3/h4-6,8H,1-3H3. The summed E-state index contributed by atoms with van der Waals surface area (Å²) in [5.74, 6) is 0. The molecule has 76 valence electrons. The summed E-state index contributed by atoms with van der Waals surface area (Å²) in [6.07, 6.45) is 2.00. The van der Waals surface area contributed by atoms with Crippen LogP contribution in [-0.4, -0.2) is 11.2 Å². The molecule has 0 spiro atoms. The Morgan fingerprint density at radius 1 is 1.50 bits per heavy atom. The molecule has 1 rings (SSSR count). The van der Waals surface area contributed by atoms with Gasteiger partial charge in [-0.05, 0) is 31.2 Å².